The number of rotatable bonds is 4. The summed E-state index contributed by atoms with van der Waals surface area (Å²) in [7, 11) is -3.25. The van der Waals surface area contributed by atoms with E-state index in [1.54, 1.807) is 24.3 Å². The topological polar surface area (TPSA) is 101 Å². The third-order valence-electron chi connectivity index (χ3n) is 2.87. The molecule has 2 rings (SSSR count). The van der Waals surface area contributed by atoms with Gasteiger partial charge in [0, 0.05) is 11.9 Å². The molecule has 1 amide bonds. The fourth-order valence-electron chi connectivity index (χ4n) is 1.79. The van der Waals surface area contributed by atoms with E-state index in [2.05, 4.69) is 10.7 Å². The van der Waals surface area contributed by atoms with E-state index in [0.29, 0.717) is 16.9 Å². The number of hydrogen-bond donors (Lipinski definition) is 3. The standard InChI is InChI=1S/C14H15N3O3S/c1-21(19,20)11-8-6-10(7-9-11)16-14(18)12-4-2-3-5-13(12)17-15/h2-9,17H,15H2,1H3,(H,16,18). The number of nitrogens with two attached hydrogens (primary N) is 1. The second kappa shape index (κ2) is 5.94. The van der Waals surface area contributed by atoms with Crippen molar-refractivity contribution in [3.05, 3.63) is 54.1 Å². The summed E-state index contributed by atoms with van der Waals surface area (Å²) in [5, 5.41) is 2.68. The third-order valence-corrected chi connectivity index (χ3v) is 4.00. The fourth-order valence-corrected chi connectivity index (χ4v) is 2.42. The SMILES string of the molecule is CS(=O)(=O)c1ccc(NC(=O)c2ccccc2NN)cc1. The van der Waals surface area contributed by atoms with Gasteiger partial charge in [0.05, 0.1) is 16.1 Å². The molecule has 2 aromatic carbocycles. The maximum absolute atomic E-state index is 12.2. The van der Waals surface area contributed by atoms with Gasteiger partial charge in [0.1, 0.15) is 0 Å². The van der Waals surface area contributed by atoms with Crippen molar-refractivity contribution in [1.29, 1.82) is 0 Å². The predicted molar refractivity (Wildman–Crippen MR) is 81.8 cm³/mol. The molecule has 0 saturated carbocycles. The van der Waals surface area contributed by atoms with Crippen LogP contribution in [0.4, 0.5) is 11.4 Å². The first-order valence-electron chi connectivity index (χ1n) is 6.09. The number of carbonyl (C=O) groups excluding carboxylic acids is 1. The van der Waals surface area contributed by atoms with Crippen molar-refractivity contribution in [3.8, 4) is 0 Å². The largest absolute Gasteiger partial charge is 0.323 e. The maximum atomic E-state index is 12.2. The first-order chi connectivity index (χ1) is 9.91. The maximum Gasteiger partial charge on any atom is 0.257 e. The number of anilines is 2. The van der Waals surface area contributed by atoms with Gasteiger partial charge < -0.3 is 10.7 Å². The molecule has 21 heavy (non-hydrogen) atoms. The minimum Gasteiger partial charge on any atom is -0.323 e. The zero-order valence-corrected chi connectivity index (χ0v) is 12.1. The van der Waals surface area contributed by atoms with Gasteiger partial charge >= 0.3 is 0 Å². The minimum absolute atomic E-state index is 0.199. The lowest BCUT2D eigenvalue weighted by molar-refractivity contribution is 0.102. The zero-order chi connectivity index (χ0) is 15.5. The van der Waals surface area contributed by atoms with E-state index in [1.807, 2.05) is 0 Å². The van der Waals surface area contributed by atoms with Crippen LogP contribution in [0.5, 0.6) is 0 Å². The van der Waals surface area contributed by atoms with Crippen molar-refractivity contribution in [2.24, 2.45) is 5.84 Å². The summed E-state index contributed by atoms with van der Waals surface area (Å²) < 4.78 is 22.7. The van der Waals surface area contributed by atoms with E-state index < -0.39 is 9.84 Å². The van der Waals surface area contributed by atoms with Gasteiger partial charge in [0.25, 0.3) is 5.91 Å². The van der Waals surface area contributed by atoms with E-state index >= 15 is 0 Å². The molecule has 0 radical (unpaired) electrons. The number of nitrogens with one attached hydrogen (secondary N) is 2. The molecule has 0 spiro atoms. The van der Waals surface area contributed by atoms with Gasteiger partial charge in [0.15, 0.2) is 9.84 Å². The molecule has 4 N–H and O–H groups in total. The van der Waals surface area contributed by atoms with Gasteiger partial charge in [-0.15, -0.1) is 0 Å². The number of amides is 1. The number of sulfone groups is 1. The molecule has 0 fully saturated rings. The van der Waals surface area contributed by atoms with Crippen LogP contribution in [-0.2, 0) is 9.84 Å². The second-order valence-corrected chi connectivity index (χ2v) is 6.46. The zero-order valence-electron chi connectivity index (χ0n) is 11.3. The van der Waals surface area contributed by atoms with Crippen LogP contribution >= 0.6 is 0 Å². The van der Waals surface area contributed by atoms with Crippen LogP contribution in [0.15, 0.2) is 53.4 Å². The Morgan fingerprint density at radius 1 is 1.05 bits per heavy atom. The molecule has 0 heterocycles. The lowest BCUT2D eigenvalue weighted by atomic mass is 10.1. The summed E-state index contributed by atoms with van der Waals surface area (Å²) in [4.78, 5) is 12.3. The summed E-state index contributed by atoms with van der Waals surface area (Å²) in [5.74, 6) is 5.02. The molecule has 0 atom stereocenters. The van der Waals surface area contributed by atoms with Crippen LogP contribution in [0, 0.1) is 0 Å². The van der Waals surface area contributed by atoms with Crippen molar-refractivity contribution in [3.63, 3.8) is 0 Å². The number of nitrogen functional groups attached to an aromatic ring is 1. The molecule has 0 aliphatic carbocycles. The monoisotopic (exact) mass is 305 g/mol. The molecule has 6 nitrogen and oxygen atoms in total. The molecule has 0 unspecified atom stereocenters. The van der Waals surface area contributed by atoms with Gasteiger partial charge in [-0.2, -0.15) is 0 Å². The van der Waals surface area contributed by atoms with E-state index in [-0.39, 0.29) is 10.8 Å². The molecule has 0 saturated heterocycles. The summed E-state index contributed by atoms with van der Waals surface area (Å²) in [5.41, 5.74) is 3.85. The molecular weight excluding hydrogens is 290 g/mol. The Morgan fingerprint density at radius 2 is 1.67 bits per heavy atom. The summed E-state index contributed by atoms with van der Waals surface area (Å²) in [6.07, 6.45) is 1.13. The number of hydrazine groups is 1. The summed E-state index contributed by atoms with van der Waals surface area (Å²) >= 11 is 0. The quantitative estimate of drug-likeness (QED) is 0.588. The Hall–Kier alpha value is -2.38. The highest BCUT2D eigenvalue weighted by Crippen LogP contribution is 2.18. The molecule has 2 aromatic rings. The average Bonchev–Trinajstić information content (AvgIpc) is 2.46. The smallest absolute Gasteiger partial charge is 0.257 e. The number of hydrogen-bond acceptors (Lipinski definition) is 5. The first-order valence-corrected chi connectivity index (χ1v) is 7.98. The van der Waals surface area contributed by atoms with Gasteiger partial charge in [-0.1, -0.05) is 12.1 Å². The second-order valence-electron chi connectivity index (χ2n) is 4.44. The van der Waals surface area contributed by atoms with E-state index in [9.17, 15) is 13.2 Å². The van der Waals surface area contributed by atoms with Crippen molar-refractivity contribution in [1.82, 2.24) is 0 Å². The molecule has 7 heteroatoms. The fraction of sp³-hybridized carbons (Fsp3) is 0.0714. The number of carbonyl (C=O) groups is 1. The van der Waals surface area contributed by atoms with Crippen molar-refractivity contribution in [2.45, 2.75) is 4.90 Å². The number of benzene rings is 2. The van der Waals surface area contributed by atoms with Crippen LogP contribution in [0.3, 0.4) is 0 Å². The van der Waals surface area contributed by atoms with Crippen molar-refractivity contribution in [2.75, 3.05) is 17.0 Å². The first kappa shape index (κ1) is 15.0. The van der Waals surface area contributed by atoms with Crippen molar-refractivity contribution < 1.29 is 13.2 Å². The Morgan fingerprint density at radius 3 is 2.24 bits per heavy atom. The van der Waals surface area contributed by atoms with Crippen LogP contribution in [-0.4, -0.2) is 20.6 Å². The highest BCUT2D eigenvalue weighted by atomic mass is 32.2. The molecule has 0 bridgehead atoms. The van der Waals surface area contributed by atoms with Gasteiger partial charge in [-0.3, -0.25) is 10.6 Å². The van der Waals surface area contributed by atoms with E-state index in [4.69, 9.17) is 5.84 Å². The van der Waals surface area contributed by atoms with E-state index in [0.717, 1.165) is 6.26 Å². The Kier molecular flexibility index (Phi) is 4.25. The summed E-state index contributed by atoms with van der Waals surface area (Å²) in [6.45, 7) is 0. The predicted octanol–water partition coefficient (Wildman–Crippen LogP) is 1.63. The normalized spacial score (nSPS) is 11.0. The Balaban J connectivity index is 2.20. The van der Waals surface area contributed by atoms with Crippen LogP contribution in [0.25, 0.3) is 0 Å². The third kappa shape index (κ3) is 3.59. The highest BCUT2D eigenvalue weighted by molar-refractivity contribution is 7.90. The van der Waals surface area contributed by atoms with Gasteiger partial charge in [-0.25, -0.2) is 8.42 Å². The Bertz CT molecular complexity index is 755. The molecular formula is C14H15N3O3S. The molecule has 0 aliphatic heterocycles. The lowest BCUT2D eigenvalue weighted by Gasteiger charge is -2.09. The summed E-state index contributed by atoms with van der Waals surface area (Å²) in [6, 6.07) is 12.8. The van der Waals surface area contributed by atoms with Gasteiger partial charge in [0.2, 0.25) is 0 Å². The van der Waals surface area contributed by atoms with Crippen molar-refractivity contribution >= 4 is 27.1 Å². The Labute approximate surface area is 122 Å². The van der Waals surface area contributed by atoms with Crippen LogP contribution < -0.4 is 16.6 Å². The molecule has 0 aromatic heterocycles. The minimum atomic E-state index is -3.25. The lowest BCUT2D eigenvalue weighted by Crippen LogP contribution is -2.17. The average molecular weight is 305 g/mol. The molecule has 0 aliphatic rings. The van der Waals surface area contributed by atoms with Crippen LogP contribution in [0.2, 0.25) is 0 Å². The highest BCUT2D eigenvalue weighted by Gasteiger charge is 2.11. The molecule has 110 valence electrons. The van der Waals surface area contributed by atoms with Gasteiger partial charge in [-0.05, 0) is 36.4 Å². The van der Waals surface area contributed by atoms with E-state index in [1.165, 1.54) is 24.3 Å². The van der Waals surface area contributed by atoms with Crippen LogP contribution in [0.1, 0.15) is 10.4 Å². The number of para-hydroxylation sites is 1.